The first-order valence-corrected chi connectivity index (χ1v) is 7.56. The predicted molar refractivity (Wildman–Crippen MR) is 82.7 cm³/mol. The van der Waals surface area contributed by atoms with E-state index < -0.39 is 24.9 Å². The van der Waals surface area contributed by atoms with Crippen molar-refractivity contribution < 1.29 is 27.5 Å². The third kappa shape index (κ3) is 7.85. The molecule has 1 aromatic rings. The number of carbonyl (C=O) groups is 2. The van der Waals surface area contributed by atoms with Gasteiger partial charge in [-0.25, -0.2) is 4.79 Å². The van der Waals surface area contributed by atoms with Gasteiger partial charge in [-0.3, -0.25) is 4.79 Å². The van der Waals surface area contributed by atoms with Gasteiger partial charge in [-0.1, -0.05) is 31.0 Å². The van der Waals surface area contributed by atoms with E-state index in [0.717, 1.165) is 5.56 Å². The molecule has 0 aromatic heterocycles. The number of hydrogen-bond donors (Lipinski definition) is 2. The molecular formula is C16H21F3N2O3. The van der Waals surface area contributed by atoms with Gasteiger partial charge in [0.05, 0.1) is 0 Å². The number of alkyl carbamates (subject to hydrolysis) is 1. The molecule has 0 aliphatic carbocycles. The molecule has 0 radical (unpaired) electrons. The number of hydrogen-bond acceptors (Lipinski definition) is 3. The van der Waals surface area contributed by atoms with Gasteiger partial charge in [-0.05, 0) is 25.5 Å². The average molecular weight is 346 g/mol. The number of nitrogens with one attached hydrogen (secondary N) is 2. The molecule has 1 unspecified atom stereocenters. The zero-order valence-corrected chi connectivity index (χ0v) is 13.6. The zero-order chi connectivity index (χ0) is 18.2. The first-order valence-electron chi connectivity index (χ1n) is 7.56. The van der Waals surface area contributed by atoms with E-state index in [0.29, 0.717) is 18.4 Å². The SMILES string of the molecule is CCCC(CNC(=O)c1ccc(C)cc1)NC(=O)OCC(F)(F)F. The summed E-state index contributed by atoms with van der Waals surface area (Å²) in [5, 5.41) is 4.98. The molecule has 0 saturated heterocycles. The van der Waals surface area contributed by atoms with Gasteiger partial charge in [0.15, 0.2) is 6.61 Å². The fraction of sp³-hybridized carbons (Fsp3) is 0.500. The molecule has 2 amide bonds. The van der Waals surface area contributed by atoms with Crippen molar-refractivity contribution in [1.29, 1.82) is 0 Å². The number of halogens is 3. The highest BCUT2D eigenvalue weighted by Gasteiger charge is 2.30. The summed E-state index contributed by atoms with van der Waals surface area (Å²) in [5.74, 6) is -0.318. The van der Waals surface area contributed by atoms with Crippen molar-refractivity contribution in [3.63, 3.8) is 0 Å². The Morgan fingerprint density at radius 1 is 1.21 bits per heavy atom. The highest BCUT2D eigenvalue weighted by atomic mass is 19.4. The average Bonchev–Trinajstić information content (AvgIpc) is 2.50. The largest absolute Gasteiger partial charge is 0.440 e. The molecule has 1 rings (SSSR count). The predicted octanol–water partition coefficient (Wildman–Crippen LogP) is 3.18. The Balaban J connectivity index is 2.48. The molecule has 1 aromatic carbocycles. The maximum absolute atomic E-state index is 12.0. The molecule has 1 atom stereocenters. The third-order valence-electron chi connectivity index (χ3n) is 3.15. The van der Waals surface area contributed by atoms with Crippen LogP contribution in [0.1, 0.15) is 35.7 Å². The van der Waals surface area contributed by atoms with Crippen LogP contribution in [0.3, 0.4) is 0 Å². The van der Waals surface area contributed by atoms with Crippen LogP contribution < -0.4 is 10.6 Å². The number of rotatable bonds is 7. The van der Waals surface area contributed by atoms with Gasteiger partial charge in [0.25, 0.3) is 5.91 Å². The summed E-state index contributed by atoms with van der Waals surface area (Å²) in [6.45, 7) is 2.21. The van der Waals surface area contributed by atoms with Crippen LogP contribution in [0.25, 0.3) is 0 Å². The summed E-state index contributed by atoms with van der Waals surface area (Å²) in [4.78, 5) is 23.4. The molecule has 0 fully saturated rings. The zero-order valence-electron chi connectivity index (χ0n) is 13.6. The van der Waals surface area contributed by atoms with Crippen LogP contribution in [0, 0.1) is 6.92 Å². The van der Waals surface area contributed by atoms with E-state index in [-0.39, 0.29) is 12.5 Å². The first kappa shape index (κ1) is 19.8. The molecule has 134 valence electrons. The van der Waals surface area contributed by atoms with E-state index in [4.69, 9.17) is 0 Å². The summed E-state index contributed by atoms with van der Waals surface area (Å²) in [6, 6.07) is 6.43. The van der Waals surface area contributed by atoms with E-state index in [2.05, 4.69) is 15.4 Å². The Labute approximate surface area is 138 Å². The number of carbonyl (C=O) groups excluding carboxylic acids is 2. The molecule has 0 aliphatic heterocycles. The van der Waals surface area contributed by atoms with Crippen LogP contribution in [-0.2, 0) is 4.74 Å². The number of ether oxygens (including phenoxy) is 1. The Kier molecular flexibility index (Phi) is 7.54. The molecule has 5 nitrogen and oxygen atoms in total. The molecule has 0 bridgehead atoms. The Bertz CT molecular complexity index is 544. The van der Waals surface area contributed by atoms with E-state index in [1.54, 1.807) is 24.3 Å². The molecular weight excluding hydrogens is 325 g/mol. The summed E-state index contributed by atoms with van der Waals surface area (Å²) in [5.41, 5.74) is 1.49. The number of aryl methyl sites for hydroxylation is 1. The normalized spacial score (nSPS) is 12.4. The van der Waals surface area contributed by atoms with Crippen LogP contribution in [0.2, 0.25) is 0 Å². The van der Waals surface area contributed by atoms with Crippen LogP contribution in [-0.4, -0.2) is 37.4 Å². The van der Waals surface area contributed by atoms with Crippen molar-refractivity contribution >= 4 is 12.0 Å². The minimum Gasteiger partial charge on any atom is -0.440 e. The Morgan fingerprint density at radius 2 is 1.83 bits per heavy atom. The summed E-state index contributed by atoms with van der Waals surface area (Å²) in [6.07, 6.45) is -4.55. The van der Waals surface area contributed by atoms with Gasteiger partial charge < -0.3 is 15.4 Å². The lowest BCUT2D eigenvalue weighted by molar-refractivity contribution is -0.160. The van der Waals surface area contributed by atoms with Gasteiger partial charge >= 0.3 is 12.3 Å². The van der Waals surface area contributed by atoms with Crippen molar-refractivity contribution in [2.24, 2.45) is 0 Å². The van der Waals surface area contributed by atoms with Gasteiger partial charge in [0, 0.05) is 18.2 Å². The maximum atomic E-state index is 12.0. The minimum absolute atomic E-state index is 0.0989. The van der Waals surface area contributed by atoms with Gasteiger partial charge in [0.1, 0.15) is 0 Å². The lowest BCUT2D eigenvalue weighted by atomic mass is 10.1. The third-order valence-corrected chi connectivity index (χ3v) is 3.15. The van der Waals surface area contributed by atoms with Gasteiger partial charge in [-0.2, -0.15) is 13.2 Å². The Morgan fingerprint density at radius 3 is 2.38 bits per heavy atom. The standard InChI is InChI=1S/C16H21F3N2O3/c1-3-4-13(21-15(23)24-10-16(17,18)19)9-20-14(22)12-7-5-11(2)6-8-12/h5-8,13H,3-4,9-10H2,1-2H3,(H,20,22)(H,21,23). The number of benzene rings is 1. The molecule has 0 spiro atoms. The summed E-state index contributed by atoms with van der Waals surface area (Å²) < 4.78 is 40.1. The fourth-order valence-electron chi connectivity index (χ4n) is 1.95. The minimum atomic E-state index is -4.57. The lowest BCUT2D eigenvalue weighted by Gasteiger charge is -2.19. The molecule has 0 heterocycles. The van der Waals surface area contributed by atoms with Gasteiger partial charge in [0.2, 0.25) is 0 Å². The summed E-state index contributed by atoms with van der Waals surface area (Å²) >= 11 is 0. The first-order chi connectivity index (χ1) is 11.2. The number of alkyl halides is 3. The van der Waals surface area contributed by atoms with Crippen molar-refractivity contribution in [2.45, 2.75) is 38.9 Å². The second-order valence-corrected chi connectivity index (χ2v) is 5.40. The van der Waals surface area contributed by atoms with Crippen LogP contribution >= 0.6 is 0 Å². The highest BCUT2D eigenvalue weighted by molar-refractivity contribution is 5.94. The van der Waals surface area contributed by atoms with Crippen molar-refractivity contribution in [3.8, 4) is 0 Å². The monoisotopic (exact) mass is 346 g/mol. The fourth-order valence-corrected chi connectivity index (χ4v) is 1.95. The van der Waals surface area contributed by atoms with Crippen LogP contribution in [0.15, 0.2) is 24.3 Å². The topological polar surface area (TPSA) is 67.4 Å². The second-order valence-electron chi connectivity index (χ2n) is 5.40. The van der Waals surface area contributed by atoms with Crippen LogP contribution in [0.5, 0.6) is 0 Å². The quantitative estimate of drug-likeness (QED) is 0.797. The summed E-state index contributed by atoms with van der Waals surface area (Å²) in [7, 11) is 0. The van der Waals surface area contributed by atoms with Gasteiger partial charge in [-0.15, -0.1) is 0 Å². The van der Waals surface area contributed by atoms with E-state index in [9.17, 15) is 22.8 Å². The second kappa shape index (κ2) is 9.14. The highest BCUT2D eigenvalue weighted by Crippen LogP contribution is 2.14. The molecule has 0 aliphatic rings. The molecule has 0 saturated carbocycles. The van der Waals surface area contributed by atoms with E-state index >= 15 is 0 Å². The van der Waals surface area contributed by atoms with Crippen molar-refractivity contribution in [1.82, 2.24) is 10.6 Å². The Hall–Kier alpha value is -2.25. The lowest BCUT2D eigenvalue weighted by Crippen LogP contribution is -2.44. The molecule has 2 N–H and O–H groups in total. The van der Waals surface area contributed by atoms with E-state index in [1.165, 1.54) is 0 Å². The van der Waals surface area contributed by atoms with E-state index in [1.807, 2.05) is 13.8 Å². The smallest absolute Gasteiger partial charge is 0.422 e. The molecule has 8 heteroatoms. The van der Waals surface area contributed by atoms with Crippen molar-refractivity contribution in [3.05, 3.63) is 35.4 Å². The number of amides is 2. The maximum Gasteiger partial charge on any atom is 0.422 e. The van der Waals surface area contributed by atoms with Crippen LogP contribution in [0.4, 0.5) is 18.0 Å². The van der Waals surface area contributed by atoms with Crippen molar-refractivity contribution in [2.75, 3.05) is 13.2 Å². The molecule has 24 heavy (non-hydrogen) atoms.